The molecule has 0 saturated heterocycles. The second kappa shape index (κ2) is 6.93. The van der Waals surface area contributed by atoms with Gasteiger partial charge in [0.25, 0.3) is 0 Å². The minimum absolute atomic E-state index is 0.293. The molecule has 124 valence electrons. The zero-order valence-corrected chi connectivity index (χ0v) is 14.1. The van der Waals surface area contributed by atoms with Gasteiger partial charge in [-0.1, -0.05) is 17.7 Å². The van der Waals surface area contributed by atoms with Crippen molar-refractivity contribution in [3.63, 3.8) is 0 Å². The number of aromatic nitrogens is 2. The Morgan fingerprint density at radius 1 is 1.21 bits per heavy atom. The van der Waals surface area contributed by atoms with Gasteiger partial charge in [0, 0.05) is 23.9 Å². The third kappa shape index (κ3) is 3.36. The SMILES string of the molecule is COc1cccc(NCc2c(C)nn(-c3ccc(F)cc3)c2Cl)c1. The van der Waals surface area contributed by atoms with Gasteiger partial charge >= 0.3 is 0 Å². The lowest BCUT2D eigenvalue weighted by Crippen LogP contribution is -2.01. The second-order valence-corrected chi connectivity index (χ2v) is 5.69. The summed E-state index contributed by atoms with van der Waals surface area (Å²) >= 11 is 6.47. The molecule has 4 nitrogen and oxygen atoms in total. The fourth-order valence-electron chi connectivity index (χ4n) is 2.41. The molecule has 0 aliphatic carbocycles. The highest BCUT2D eigenvalue weighted by Crippen LogP contribution is 2.25. The van der Waals surface area contributed by atoms with Crippen molar-refractivity contribution in [3.8, 4) is 11.4 Å². The van der Waals surface area contributed by atoms with Crippen LogP contribution in [0.5, 0.6) is 5.75 Å². The van der Waals surface area contributed by atoms with Crippen molar-refractivity contribution in [2.45, 2.75) is 13.5 Å². The van der Waals surface area contributed by atoms with Crippen LogP contribution in [0, 0.1) is 12.7 Å². The third-order valence-electron chi connectivity index (χ3n) is 3.73. The van der Waals surface area contributed by atoms with Crippen molar-refractivity contribution < 1.29 is 9.13 Å². The van der Waals surface area contributed by atoms with Gasteiger partial charge in [-0.05, 0) is 43.3 Å². The number of benzene rings is 2. The van der Waals surface area contributed by atoms with Gasteiger partial charge in [0.15, 0.2) is 0 Å². The molecule has 3 aromatic rings. The summed E-state index contributed by atoms with van der Waals surface area (Å²) in [7, 11) is 1.63. The summed E-state index contributed by atoms with van der Waals surface area (Å²) in [6.45, 7) is 2.42. The van der Waals surface area contributed by atoms with E-state index in [-0.39, 0.29) is 5.82 Å². The first-order valence-corrected chi connectivity index (χ1v) is 7.84. The molecule has 0 spiro atoms. The van der Waals surface area contributed by atoms with E-state index in [2.05, 4.69) is 10.4 Å². The number of anilines is 1. The molecule has 0 aliphatic heterocycles. The molecule has 0 atom stereocenters. The van der Waals surface area contributed by atoms with E-state index in [1.165, 1.54) is 12.1 Å². The molecule has 6 heteroatoms. The van der Waals surface area contributed by atoms with Gasteiger partial charge in [0.1, 0.15) is 16.7 Å². The summed E-state index contributed by atoms with van der Waals surface area (Å²) in [5.74, 6) is 0.489. The molecule has 0 fully saturated rings. The first-order chi connectivity index (χ1) is 11.6. The largest absolute Gasteiger partial charge is 0.497 e. The number of ether oxygens (including phenoxy) is 1. The Hall–Kier alpha value is -2.53. The van der Waals surface area contributed by atoms with Crippen LogP contribution in [-0.2, 0) is 6.54 Å². The van der Waals surface area contributed by atoms with Crippen molar-refractivity contribution in [1.29, 1.82) is 0 Å². The molecule has 1 aromatic heterocycles. The van der Waals surface area contributed by atoms with Crippen LogP contribution in [0.4, 0.5) is 10.1 Å². The van der Waals surface area contributed by atoms with Crippen molar-refractivity contribution in [3.05, 3.63) is 70.8 Å². The smallest absolute Gasteiger partial charge is 0.138 e. The average molecular weight is 346 g/mol. The van der Waals surface area contributed by atoms with Crippen LogP contribution >= 0.6 is 11.6 Å². The van der Waals surface area contributed by atoms with E-state index >= 15 is 0 Å². The van der Waals surface area contributed by atoms with Gasteiger partial charge < -0.3 is 10.1 Å². The van der Waals surface area contributed by atoms with Crippen LogP contribution in [0.2, 0.25) is 5.15 Å². The van der Waals surface area contributed by atoms with E-state index in [0.29, 0.717) is 11.7 Å². The number of aryl methyl sites for hydroxylation is 1. The summed E-state index contributed by atoms with van der Waals surface area (Å²) in [5.41, 5.74) is 3.36. The number of halogens is 2. The number of hydrogen-bond acceptors (Lipinski definition) is 3. The number of nitrogens with zero attached hydrogens (tertiary/aromatic N) is 2. The molecule has 0 radical (unpaired) electrons. The molecule has 0 bridgehead atoms. The highest BCUT2D eigenvalue weighted by atomic mass is 35.5. The number of rotatable bonds is 5. The summed E-state index contributed by atoms with van der Waals surface area (Å²) in [4.78, 5) is 0. The summed E-state index contributed by atoms with van der Waals surface area (Å²) in [6, 6.07) is 13.7. The average Bonchev–Trinajstić information content (AvgIpc) is 2.88. The Balaban J connectivity index is 1.82. The Labute approximate surface area is 144 Å². The van der Waals surface area contributed by atoms with Gasteiger partial charge in [0.05, 0.1) is 18.5 Å². The molecule has 0 aliphatic rings. The molecule has 24 heavy (non-hydrogen) atoms. The maximum absolute atomic E-state index is 13.1. The third-order valence-corrected chi connectivity index (χ3v) is 4.12. The van der Waals surface area contributed by atoms with Crippen LogP contribution in [0.3, 0.4) is 0 Å². The molecule has 2 aromatic carbocycles. The van der Waals surface area contributed by atoms with Crippen LogP contribution < -0.4 is 10.1 Å². The van der Waals surface area contributed by atoms with Crippen molar-refractivity contribution in [1.82, 2.24) is 9.78 Å². The molecular weight excluding hydrogens is 329 g/mol. The topological polar surface area (TPSA) is 39.1 Å². The summed E-state index contributed by atoms with van der Waals surface area (Å²) in [5, 5.41) is 8.28. The fraction of sp³-hybridized carbons (Fsp3) is 0.167. The Bertz CT molecular complexity index is 846. The molecule has 1 N–H and O–H groups in total. The van der Waals surface area contributed by atoms with Crippen LogP contribution in [-0.4, -0.2) is 16.9 Å². The van der Waals surface area contributed by atoms with E-state index in [0.717, 1.165) is 28.4 Å². The summed E-state index contributed by atoms with van der Waals surface area (Å²) < 4.78 is 19.9. The quantitative estimate of drug-likeness (QED) is 0.734. The molecule has 0 amide bonds. The molecule has 1 heterocycles. The van der Waals surface area contributed by atoms with E-state index in [1.54, 1.807) is 23.9 Å². The molecular formula is C18H17ClFN3O. The first kappa shape index (κ1) is 16.3. The maximum Gasteiger partial charge on any atom is 0.138 e. The van der Waals surface area contributed by atoms with Crippen molar-refractivity contribution >= 4 is 17.3 Å². The maximum atomic E-state index is 13.1. The zero-order valence-electron chi connectivity index (χ0n) is 13.4. The monoisotopic (exact) mass is 345 g/mol. The standard InChI is InChI=1S/C18H17ClFN3O/c1-12-17(11-21-14-4-3-5-16(10-14)24-2)18(19)23(22-12)15-8-6-13(20)7-9-15/h3-10,21H,11H2,1-2H3. The predicted octanol–water partition coefficient (Wildman–Crippen LogP) is 4.59. The van der Waals surface area contributed by atoms with Gasteiger partial charge in [-0.2, -0.15) is 5.10 Å². The van der Waals surface area contributed by atoms with E-state index in [1.807, 2.05) is 31.2 Å². The lowest BCUT2D eigenvalue weighted by atomic mass is 10.2. The predicted molar refractivity (Wildman–Crippen MR) is 93.6 cm³/mol. The lowest BCUT2D eigenvalue weighted by Gasteiger charge is -2.08. The lowest BCUT2D eigenvalue weighted by molar-refractivity contribution is 0.415. The van der Waals surface area contributed by atoms with Gasteiger partial charge in [0.2, 0.25) is 0 Å². The van der Waals surface area contributed by atoms with Gasteiger partial charge in [-0.15, -0.1) is 0 Å². The second-order valence-electron chi connectivity index (χ2n) is 5.33. The fourth-order valence-corrected chi connectivity index (χ4v) is 2.75. The van der Waals surface area contributed by atoms with E-state index in [4.69, 9.17) is 16.3 Å². The summed E-state index contributed by atoms with van der Waals surface area (Å²) in [6.07, 6.45) is 0. The number of hydrogen-bond donors (Lipinski definition) is 1. The van der Waals surface area contributed by atoms with Crippen molar-refractivity contribution in [2.75, 3.05) is 12.4 Å². The molecule has 0 unspecified atom stereocenters. The Kier molecular flexibility index (Phi) is 4.71. The normalized spacial score (nSPS) is 10.7. The van der Waals surface area contributed by atoms with Crippen LogP contribution in [0.1, 0.15) is 11.3 Å². The van der Waals surface area contributed by atoms with Gasteiger partial charge in [-0.25, -0.2) is 9.07 Å². The zero-order chi connectivity index (χ0) is 17.1. The highest BCUT2D eigenvalue weighted by Gasteiger charge is 2.14. The minimum Gasteiger partial charge on any atom is -0.497 e. The highest BCUT2D eigenvalue weighted by molar-refractivity contribution is 6.30. The van der Waals surface area contributed by atoms with Crippen LogP contribution in [0.15, 0.2) is 48.5 Å². The van der Waals surface area contributed by atoms with Crippen LogP contribution in [0.25, 0.3) is 5.69 Å². The molecule has 0 saturated carbocycles. The number of methoxy groups -OCH3 is 1. The minimum atomic E-state index is -0.293. The first-order valence-electron chi connectivity index (χ1n) is 7.46. The van der Waals surface area contributed by atoms with Gasteiger partial charge in [-0.3, -0.25) is 0 Å². The Morgan fingerprint density at radius 3 is 2.67 bits per heavy atom. The van der Waals surface area contributed by atoms with Crippen molar-refractivity contribution in [2.24, 2.45) is 0 Å². The molecule has 3 rings (SSSR count). The number of nitrogens with one attached hydrogen (secondary N) is 1. The Morgan fingerprint density at radius 2 is 1.96 bits per heavy atom. The van der Waals surface area contributed by atoms with E-state index in [9.17, 15) is 4.39 Å². The van der Waals surface area contributed by atoms with E-state index < -0.39 is 0 Å².